The van der Waals surface area contributed by atoms with E-state index in [4.69, 9.17) is 27.6 Å². The van der Waals surface area contributed by atoms with Crippen LogP contribution in [0.5, 0.6) is 0 Å². The fourth-order valence-electron chi connectivity index (χ4n) is 2.09. The summed E-state index contributed by atoms with van der Waals surface area (Å²) in [7, 11) is 0. The van der Waals surface area contributed by atoms with Crippen LogP contribution < -0.4 is 10.7 Å². The Morgan fingerprint density at radius 3 is 2.60 bits per heavy atom. The first kappa shape index (κ1) is 17.1. The summed E-state index contributed by atoms with van der Waals surface area (Å²) in [6.07, 6.45) is 1.40. The van der Waals surface area contributed by atoms with Crippen molar-refractivity contribution in [1.29, 1.82) is 0 Å². The highest BCUT2D eigenvalue weighted by Crippen LogP contribution is 2.31. The lowest BCUT2D eigenvalue weighted by atomic mass is 10.2. The summed E-state index contributed by atoms with van der Waals surface area (Å²) in [6, 6.07) is 17.2. The first-order valence-electron chi connectivity index (χ1n) is 7.32. The monoisotopic (exact) mass is 373 g/mol. The third-order valence-corrected chi connectivity index (χ3v) is 3.76. The molecule has 126 valence electrons. The van der Waals surface area contributed by atoms with Crippen molar-refractivity contribution in [1.82, 2.24) is 5.43 Å². The van der Waals surface area contributed by atoms with E-state index in [2.05, 4.69) is 15.8 Å². The molecular formula is C18H13Cl2N3O2. The average molecular weight is 374 g/mol. The number of nitrogens with zero attached hydrogens (tertiary/aromatic N) is 1. The Labute approximate surface area is 154 Å². The molecule has 0 saturated carbocycles. The van der Waals surface area contributed by atoms with Gasteiger partial charge >= 0.3 is 6.03 Å². The first-order valence-corrected chi connectivity index (χ1v) is 8.08. The van der Waals surface area contributed by atoms with Crippen LogP contribution in [0.25, 0.3) is 11.3 Å². The number of amides is 2. The van der Waals surface area contributed by atoms with Gasteiger partial charge in [-0.3, -0.25) is 0 Å². The second kappa shape index (κ2) is 7.88. The summed E-state index contributed by atoms with van der Waals surface area (Å²) in [5, 5.41) is 7.54. The zero-order chi connectivity index (χ0) is 17.6. The standard InChI is InChI=1S/C18H13Cl2N3O2/c19-12-6-8-15(16(20)10-12)17-9-7-14(25-17)11-21-23-18(24)22-13-4-2-1-3-5-13/h1-11H,(H2,22,23,24)/b21-11+. The second-order valence-corrected chi connectivity index (χ2v) is 5.86. The fourth-order valence-corrected chi connectivity index (χ4v) is 2.59. The molecule has 0 fully saturated rings. The molecule has 1 aromatic heterocycles. The summed E-state index contributed by atoms with van der Waals surface area (Å²) in [6.45, 7) is 0. The van der Waals surface area contributed by atoms with Gasteiger partial charge in [-0.2, -0.15) is 5.10 Å². The number of urea groups is 1. The second-order valence-electron chi connectivity index (χ2n) is 5.02. The molecule has 0 aliphatic heterocycles. The summed E-state index contributed by atoms with van der Waals surface area (Å²) in [4.78, 5) is 11.7. The summed E-state index contributed by atoms with van der Waals surface area (Å²) in [5.41, 5.74) is 3.76. The Hall–Kier alpha value is -2.76. The number of carbonyl (C=O) groups is 1. The van der Waals surface area contributed by atoms with Gasteiger partial charge in [-0.05, 0) is 42.5 Å². The van der Waals surface area contributed by atoms with Crippen molar-refractivity contribution in [3.05, 3.63) is 76.5 Å². The van der Waals surface area contributed by atoms with Gasteiger partial charge in [0.05, 0.1) is 11.2 Å². The Balaban J connectivity index is 1.61. The molecular weight excluding hydrogens is 361 g/mol. The number of hydrazone groups is 1. The van der Waals surface area contributed by atoms with E-state index in [1.807, 2.05) is 18.2 Å². The molecule has 7 heteroatoms. The number of furan rings is 1. The van der Waals surface area contributed by atoms with Crippen LogP contribution in [-0.4, -0.2) is 12.2 Å². The van der Waals surface area contributed by atoms with Crippen molar-refractivity contribution in [2.24, 2.45) is 5.10 Å². The smallest absolute Gasteiger partial charge is 0.339 e. The number of benzene rings is 2. The summed E-state index contributed by atoms with van der Waals surface area (Å²) >= 11 is 12.0. The average Bonchev–Trinajstić information content (AvgIpc) is 3.04. The summed E-state index contributed by atoms with van der Waals surface area (Å²) in [5.74, 6) is 1.05. The lowest BCUT2D eigenvalue weighted by molar-refractivity contribution is 0.252. The van der Waals surface area contributed by atoms with Gasteiger partial charge in [-0.1, -0.05) is 41.4 Å². The number of carbonyl (C=O) groups excluding carboxylic acids is 1. The molecule has 2 N–H and O–H groups in total. The molecule has 0 aliphatic rings. The minimum atomic E-state index is -0.449. The minimum absolute atomic E-state index is 0.449. The van der Waals surface area contributed by atoms with Crippen LogP contribution in [0, 0.1) is 0 Å². The largest absolute Gasteiger partial charge is 0.455 e. The Morgan fingerprint density at radius 2 is 1.84 bits per heavy atom. The van der Waals surface area contributed by atoms with Gasteiger partial charge in [0.15, 0.2) is 0 Å². The lowest BCUT2D eigenvalue weighted by Crippen LogP contribution is -2.24. The van der Waals surface area contributed by atoms with Gasteiger partial charge in [0.25, 0.3) is 0 Å². The molecule has 5 nitrogen and oxygen atoms in total. The van der Waals surface area contributed by atoms with Gasteiger partial charge in [-0.25, -0.2) is 10.2 Å². The first-order chi connectivity index (χ1) is 12.1. The fraction of sp³-hybridized carbons (Fsp3) is 0. The molecule has 0 saturated heterocycles. The van der Waals surface area contributed by atoms with Crippen molar-refractivity contribution in [2.45, 2.75) is 0 Å². The minimum Gasteiger partial charge on any atom is -0.455 e. The highest BCUT2D eigenvalue weighted by atomic mass is 35.5. The molecule has 25 heavy (non-hydrogen) atoms. The van der Waals surface area contributed by atoms with Crippen molar-refractivity contribution in [2.75, 3.05) is 5.32 Å². The number of anilines is 1. The van der Waals surface area contributed by atoms with E-state index < -0.39 is 6.03 Å². The molecule has 0 aliphatic carbocycles. The molecule has 0 bridgehead atoms. The van der Waals surface area contributed by atoms with Crippen LogP contribution in [-0.2, 0) is 0 Å². The molecule has 0 unspecified atom stereocenters. The van der Waals surface area contributed by atoms with Gasteiger partial charge in [-0.15, -0.1) is 0 Å². The van der Waals surface area contributed by atoms with Crippen LogP contribution in [0.3, 0.4) is 0 Å². The van der Waals surface area contributed by atoms with Crippen LogP contribution in [0.1, 0.15) is 5.76 Å². The third-order valence-electron chi connectivity index (χ3n) is 3.21. The third kappa shape index (κ3) is 4.62. The molecule has 3 aromatic rings. The highest BCUT2D eigenvalue weighted by Gasteiger charge is 2.08. The number of hydrogen-bond acceptors (Lipinski definition) is 3. The van der Waals surface area contributed by atoms with Gasteiger partial charge in [0.2, 0.25) is 0 Å². The van der Waals surface area contributed by atoms with E-state index in [0.29, 0.717) is 27.3 Å². The maximum absolute atomic E-state index is 11.7. The molecule has 0 spiro atoms. The quantitative estimate of drug-likeness (QED) is 0.474. The Kier molecular flexibility index (Phi) is 5.38. The van der Waals surface area contributed by atoms with Crippen molar-refractivity contribution < 1.29 is 9.21 Å². The maximum atomic E-state index is 11.7. The molecule has 3 rings (SSSR count). The molecule has 0 atom stereocenters. The number of nitrogens with one attached hydrogen (secondary N) is 2. The van der Waals surface area contributed by atoms with Crippen LogP contribution in [0.15, 0.2) is 70.2 Å². The van der Waals surface area contributed by atoms with Crippen LogP contribution >= 0.6 is 23.2 Å². The van der Waals surface area contributed by atoms with Crippen molar-refractivity contribution >= 4 is 41.1 Å². The maximum Gasteiger partial charge on any atom is 0.339 e. The van der Waals surface area contributed by atoms with Gasteiger partial charge in [0, 0.05) is 16.3 Å². The lowest BCUT2D eigenvalue weighted by Gasteiger charge is -2.02. The molecule has 1 heterocycles. The van der Waals surface area contributed by atoms with Crippen LogP contribution in [0.2, 0.25) is 10.0 Å². The van der Waals surface area contributed by atoms with Gasteiger partial charge in [0.1, 0.15) is 11.5 Å². The van der Waals surface area contributed by atoms with E-state index >= 15 is 0 Å². The topological polar surface area (TPSA) is 66.6 Å². The molecule has 2 amide bonds. The van der Waals surface area contributed by atoms with E-state index in [9.17, 15) is 4.79 Å². The van der Waals surface area contributed by atoms with Crippen LogP contribution in [0.4, 0.5) is 10.5 Å². The number of para-hydroxylation sites is 1. The van der Waals surface area contributed by atoms with E-state index in [0.717, 1.165) is 5.56 Å². The number of rotatable bonds is 4. The Morgan fingerprint density at radius 1 is 1.04 bits per heavy atom. The normalized spacial score (nSPS) is 10.8. The zero-order valence-electron chi connectivity index (χ0n) is 12.9. The molecule has 2 aromatic carbocycles. The van der Waals surface area contributed by atoms with E-state index in [-0.39, 0.29) is 0 Å². The van der Waals surface area contributed by atoms with Gasteiger partial charge < -0.3 is 9.73 Å². The predicted octanol–water partition coefficient (Wildman–Crippen LogP) is 5.41. The Bertz CT molecular complexity index is 908. The number of hydrogen-bond donors (Lipinski definition) is 2. The van der Waals surface area contributed by atoms with Crippen molar-refractivity contribution in [3.63, 3.8) is 0 Å². The van der Waals surface area contributed by atoms with Crippen molar-refractivity contribution in [3.8, 4) is 11.3 Å². The van der Waals surface area contributed by atoms with E-state index in [1.165, 1.54) is 6.21 Å². The molecule has 0 radical (unpaired) electrons. The SMILES string of the molecule is O=C(N/N=C/c1ccc(-c2ccc(Cl)cc2Cl)o1)Nc1ccccc1. The number of halogens is 2. The highest BCUT2D eigenvalue weighted by molar-refractivity contribution is 6.36. The zero-order valence-corrected chi connectivity index (χ0v) is 14.4. The van der Waals surface area contributed by atoms with E-state index in [1.54, 1.807) is 42.5 Å². The predicted molar refractivity (Wildman–Crippen MR) is 100 cm³/mol. The summed E-state index contributed by atoms with van der Waals surface area (Å²) < 4.78 is 5.64.